The van der Waals surface area contributed by atoms with Crippen molar-refractivity contribution >= 4 is 5.97 Å². The maximum absolute atomic E-state index is 11.2. The number of hydrogen-bond acceptors (Lipinski definition) is 2. The minimum absolute atomic E-state index is 0.405. The highest BCUT2D eigenvalue weighted by atomic mass is 16.4. The van der Waals surface area contributed by atoms with Gasteiger partial charge in [-0.25, -0.2) is 4.98 Å². The van der Waals surface area contributed by atoms with Crippen molar-refractivity contribution in [2.45, 2.75) is 57.8 Å². The molecule has 2 N–H and O–H groups in total. The quantitative estimate of drug-likeness (QED) is 0.844. The normalized spacial score (nSPS) is 19.4. The molecular formula is C13H20N2O2. The van der Waals surface area contributed by atoms with Crippen LogP contribution in [0.3, 0.4) is 0 Å². The summed E-state index contributed by atoms with van der Waals surface area (Å²) >= 11 is 0. The molecular weight excluding hydrogens is 216 g/mol. The lowest BCUT2D eigenvalue weighted by Crippen LogP contribution is -2.17. The molecule has 0 bridgehead atoms. The zero-order chi connectivity index (χ0) is 12.4. The predicted molar refractivity (Wildman–Crippen MR) is 65.2 cm³/mol. The van der Waals surface area contributed by atoms with Crippen LogP contribution in [0.25, 0.3) is 0 Å². The smallest absolute Gasteiger partial charge is 0.312 e. The fourth-order valence-electron chi connectivity index (χ4n) is 2.65. The van der Waals surface area contributed by atoms with Gasteiger partial charge < -0.3 is 10.1 Å². The highest BCUT2D eigenvalue weighted by Gasteiger charge is 2.30. The van der Waals surface area contributed by atoms with Crippen molar-refractivity contribution in [3.63, 3.8) is 0 Å². The van der Waals surface area contributed by atoms with Crippen LogP contribution in [-0.2, 0) is 11.2 Å². The van der Waals surface area contributed by atoms with Gasteiger partial charge in [-0.1, -0.05) is 13.8 Å². The largest absolute Gasteiger partial charge is 0.481 e. The van der Waals surface area contributed by atoms with Crippen LogP contribution in [0.4, 0.5) is 0 Å². The van der Waals surface area contributed by atoms with E-state index < -0.39 is 11.9 Å². The number of H-pyrrole nitrogens is 1. The van der Waals surface area contributed by atoms with E-state index in [1.807, 2.05) is 0 Å². The van der Waals surface area contributed by atoms with Crippen LogP contribution >= 0.6 is 0 Å². The van der Waals surface area contributed by atoms with Crippen LogP contribution in [-0.4, -0.2) is 21.0 Å². The van der Waals surface area contributed by atoms with E-state index in [4.69, 9.17) is 0 Å². The van der Waals surface area contributed by atoms with Gasteiger partial charge in [0.2, 0.25) is 0 Å². The van der Waals surface area contributed by atoms with Gasteiger partial charge >= 0.3 is 5.97 Å². The number of fused-ring (bicyclic) bond motifs is 1. The summed E-state index contributed by atoms with van der Waals surface area (Å²) in [6, 6.07) is 0. The van der Waals surface area contributed by atoms with Gasteiger partial charge in [-0.05, 0) is 32.1 Å². The maximum atomic E-state index is 11.2. The van der Waals surface area contributed by atoms with Crippen molar-refractivity contribution in [1.29, 1.82) is 0 Å². The van der Waals surface area contributed by atoms with Crippen LogP contribution in [0.15, 0.2) is 0 Å². The number of rotatable bonds is 4. The fraction of sp³-hybridized carbons (Fsp3) is 0.692. The number of aliphatic carboxylic acids is 1. The number of nitrogens with one attached hydrogen (secondary N) is 1. The summed E-state index contributed by atoms with van der Waals surface area (Å²) < 4.78 is 0. The Hall–Kier alpha value is -1.32. The summed E-state index contributed by atoms with van der Waals surface area (Å²) in [7, 11) is 0. The minimum Gasteiger partial charge on any atom is -0.481 e. The van der Waals surface area contributed by atoms with Gasteiger partial charge in [0, 0.05) is 11.6 Å². The number of aryl methyl sites for hydroxylation is 1. The molecule has 0 fully saturated rings. The lowest BCUT2D eigenvalue weighted by atomic mass is 9.90. The molecule has 0 amide bonds. The molecule has 0 saturated carbocycles. The molecule has 4 heteroatoms. The van der Waals surface area contributed by atoms with Crippen molar-refractivity contribution in [2.75, 3.05) is 0 Å². The second-order valence-corrected chi connectivity index (χ2v) is 4.78. The standard InChI is InChI=1S/C13H20N2O2/c1-3-8(4-2)12-14-10-7-5-6-9(13(16)17)11(10)15-12/h8-9H,3-7H2,1-2H3,(H,14,15)(H,16,17). The summed E-state index contributed by atoms with van der Waals surface area (Å²) in [5.74, 6) is 0.259. The Morgan fingerprint density at radius 1 is 1.53 bits per heavy atom. The van der Waals surface area contributed by atoms with Gasteiger partial charge in [-0.3, -0.25) is 4.79 Å². The molecule has 1 heterocycles. The third-order valence-corrected chi connectivity index (χ3v) is 3.75. The van der Waals surface area contributed by atoms with Gasteiger partial charge in [0.25, 0.3) is 0 Å². The Kier molecular flexibility index (Phi) is 3.50. The first-order chi connectivity index (χ1) is 8.17. The molecule has 0 aliphatic heterocycles. The molecule has 1 aromatic rings. The molecule has 0 spiro atoms. The van der Waals surface area contributed by atoms with E-state index in [-0.39, 0.29) is 0 Å². The third-order valence-electron chi connectivity index (χ3n) is 3.75. The molecule has 1 atom stereocenters. The highest BCUT2D eigenvalue weighted by molar-refractivity contribution is 5.76. The Morgan fingerprint density at radius 2 is 2.24 bits per heavy atom. The second-order valence-electron chi connectivity index (χ2n) is 4.78. The van der Waals surface area contributed by atoms with Gasteiger partial charge in [0.05, 0.1) is 5.69 Å². The first-order valence-electron chi connectivity index (χ1n) is 6.48. The molecule has 4 nitrogen and oxygen atoms in total. The molecule has 94 valence electrons. The molecule has 2 rings (SSSR count). The number of carboxylic acids is 1. The fourth-order valence-corrected chi connectivity index (χ4v) is 2.65. The first-order valence-corrected chi connectivity index (χ1v) is 6.48. The topological polar surface area (TPSA) is 66.0 Å². The van der Waals surface area contributed by atoms with E-state index in [1.54, 1.807) is 0 Å². The lowest BCUT2D eigenvalue weighted by molar-refractivity contribution is -0.139. The Morgan fingerprint density at radius 3 is 2.82 bits per heavy atom. The highest BCUT2D eigenvalue weighted by Crippen LogP contribution is 2.32. The van der Waals surface area contributed by atoms with Gasteiger partial charge in [0.1, 0.15) is 11.7 Å². The SMILES string of the molecule is CCC(CC)c1nc2c([nH]1)CCCC2C(=O)O. The van der Waals surface area contributed by atoms with Crippen molar-refractivity contribution in [3.05, 3.63) is 17.2 Å². The number of nitrogens with zero attached hydrogens (tertiary/aromatic N) is 1. The zero-order valence-electron chi connectivity index (χ0n) is 10.5. The number of carboxylic acid groups (broad SMARTS) is 1. The summed E-state index contributed by atoms with van der Waals surface area (Å²) in [5.41, 5.74) is 1.83. The van der Waals surface area contributed by atoms with Crippen LogP contribution in [0.1, 0.15) is 68.6 Å². The molecule has 1 aliphatic rings. The van der Waals surface area contributed by atoms with Gasteiger partial charge in [-0.15, -0.1) is 0 Å². The van der Waals surface area contributed by atoms with Crippen molar-refractivity contribution in [3.8, 4) is 0 Å². The maximum Gasteiger partial charge on any atom is 0.312 e. The number of imidazole rings is 1. The Balaban J connectivity index is 2.33. The van der Waals surface area contributed by atoms with Crippen LogP contribution < -0.4 is 0 Å². The minimum atomic E-state index is -0.742. The molecule has 0 aromatic carbocycles. The van der Waals surface area contributed by atoms with Gasteiger partial charge in [0.15, 0.2) is 0 Å². The molecule has 1 aliphatic carbocycles. The van der Waals surface area contributed by atoms with Crippen molar-refractivity contribution < 1.29 is 9.90 Å². The van der Waals surface area contributed by atoms with E-state index in [1.165, 1.54) is 0 Å². The Labute approximate surface area is 101 Å². The van der Waals surface area contributed by atoms with E-state index in [0.29, 0.717) is 5.92 Å². The number of aromatic nitrogens is 2. The van der Waals surface area contributed by atoms with Crippen molar-refractivity contribution in [1.82, 2.24) is 9.97 Å². The van der Waals surface area contributed by atoms with Crippen LogP contribution in [0.5, 0.6) is 0 Å². The lowest BCUT2D eigenvalue weighted by Gasteiger charge is -2.16. The molecule has 1 unspecified atom stereocenters. The average Bonchev–Trinajstić information content (AvgIpc) is 2.73. The van der Waals surface area contributed by atoms with Crippen LogP contribution in [0, 0.1) is 0 Å². The monoisotopic (exact) mass is 236 g/mol. The Bertz CT molecular complexity index is 408. The van der Waals surface area contributed by atoms with Crippen LogP contribution in [0.2, 0.25) is 0 Å². The van der Waals surface area contributed by atoms with Crippen molar-refractivity contribution in [2.24, 2.45) is 0 Å². The second kappa shape index (κ2) is 4.90. The summed E-state index contributed by atoms with van der Waals surface area (Å²) in [4.78, 5) is 19.1. The predicted octanol–water partition coefficient (Wildman–Crippen LogP) is 2.82. The summed E-state index contributed by atoms with van der Waals surface area (Å²) in [6.45, 7) is 4.29. The van der Waals surface area contributed by atoms with E-state index in [2.05, 4.69) is 23.8 Å². The first kappa shape index (κ1) is 12.1. The molecule has 1 aromatic heterocycles. The third kappa shape index (κ3) is 2.21. The van der Waals surface area contributed by atoms with E-state index >= 15 is 0 Å². The van der Waals surface area contributed by atoms with Gasteiger partial charge in [-0.2, -0.15) is 0 Å². The average molecular weight is 236 g/mol. The zero-order valence-corrected chi connectivity index (χ0v) is 10.5. The molecule has 0 radical (unpaired) electrons. The van der Waals surface area contributed by atoms with E-state index in [0.717, 1.165) is 49.3 Å². The summed E-state index contributed by atoms with van der Waals surface area (Å²) in [6.07, 6.45) is 4.68. The number of aromatic amines is 1. The molecule has 17 heavy (non-hydrogen) atoms. The summed E-state index contributed by atoms with van der Waals surface area (Å²) in [5, 5.41) is 9.19. The molecule has 0 saturated heterocycles. The van der Waals surface area contributed by atoms with E-state index in [9.17, 15) is 9.90 Å². The number of carbonyl (C=O) groups is 1. The number of hydrogen-bond donors (Lipinski definition) is 2.